The minimum atomic E-state index is -0.0880. The summed E-state index contributed by atoms with van der Waals surface area (Å²) in [5.74, 6) is 2.16. The summed E-state index contributed by atoms with van der Waals surface area (Å²) in [5.41, 5.74) is 0. The molecule has 2 aliphatic rings. The van der Waals surface area contributed by atoms with Crippen LogP contribution in [0.4, 0.5) is 0 Å². The van der Waals surface area contributed by atoms with E-state index >= 15 is 0 Å². The molecule has 2 fully saturated rings. The van der Waals surface area contributed by atoms with E-state index in [1.54, 1.807) is 6.20 Å². The van der Waals surface area contributed by atoms with Gasteiger partial charge in [-0.3, -0.25) is 4.90 Å². The van der Waals surface area contributed by atoms with Crippen LogP contribution in [0.25, 0.3) is 0 Å². The standard InChI is InChI=1S/C12H18ClN3O/c1-15-11(13)4-14-12(15)7-16-5-8-2-3-10(17)9(8)6-16/h4,8-10,17H,2-3,5-7H2,1H3. The van der Waals surface area contributed by atoms with Gasteiger partial charge in [0.15, 0.2) is 0 Å². The van der Waals surface area contributed by atoms with E-state index in [0.29, 0.717) is 17.0 Å². The lowest BCUT2D eigenvalue weighted by Crippen LogP contribution is -2.25. The predicted octanol–water partition coefficient (Wildman–Crippen LogP) is 1.28. The number of aliphatic hydroxyl groups excluding tert-OH is 1. The first-order valence-electron chi connectivity index (χ1n) is 6.21. The number of nitrogens with zero attached hydrogens (tertiary/aromatic N) is 3. The van der Waals surface area contributed by atoms with Crippen LogP contribution >= 0.6 is 11.6 Å². The van der Waals surface area contributed by atoms with Crippen molar-refractivity contribution in [2.24, 2.45) is 18.9 Å². The van der Waals surface area contributed by atoms with Crippen molar-refractivity contribution in [1.29, 1.82) is 0 Å². The van der Waals surface area contributed by atoms with Gasteiger partial charge in [-0.1, -0.05) is 11.6 Å². The molecule has 0 spiro atoms. The van der Waals surface area contributed by atoms with Crippen LogP contribution in [0.1, 0.15) is 18.7 Å². The maximum absolute atomic E-state index is 9.87. The molecule has 0 bridgehead atoms. The van der Waals surface area contributed by atoms with Crippen molar-refractivity contribution in [2.45, 2.75) is 25.5 Å². The summed E-state index contributed by atoms with van der Waals surface area (Å²) in [7, 11) is 1.94. The lowest BCUT2D eigenvalue weighted by Gasteiger charge is -2.17. The fourth-order valence-electron chi connectivity index (χ4n) is 3.23. The molecule has 94 valence electrons. The molecule has 1 aromatic heterocycles. The number of halogens is 1. The number of hydrogen-bond donors (Lipinski definition) is 1. The van der Waals surface area contributed by atoms with Gasteiger partial charge in [0.05, 0.1) is 18.8 Å². The Balaban J connectivity index is 1.66. The number of imidazole rings is 1. The number of likely N-dealkylation sites (tertiary alicyclic amines) is 1. The van der Waals surface area contributed by atoms with Gasteiger partial charge in [0.25, 0.3) is 0 Å². The maximum atomic E-state index is 9.87. The molecular weight excluding hydrogens is 238 g/mol. The Morgan fingerprint density at radius 3 is 2.94 bits per heavy atom. The number of aliphatic hydroxyl groups is 1. The molecule has 1 saturated carbocycles. The van der Waals surface area contributed by atoms with E-state index in [4.69, 9.17) is 11.6 Å². The van der Waals surface area contributed by atoms with Gasteiger partial charge in [-0.05, 0) is 18.8 Å². The van der Waals surface area contributed by atoms with E-state index < -0.39 is 0 Å². The highest BCUT2D eigenvalue weighted by Crippen LogP contribution is 2.38. The first-order valence-corrected chi connectivity index (χ1v) is 6.59. The highest BCUT2D eigenvalue weighted by Gasteiger charge is 2.41. The Morgan fingerprint density at radius 2 is 2.29 bits per heavy atom. The van der Waals surface area contributed by atoms with Gasteiger partial charge >= 0.3 is 0 Å². The van der Waals surface area contributed by atoms with Crippen molar-refractivity contribution in [2.75, 3.05) is 13.1 Å². The zero-order valence-corrected chi connectivity index (χ0v) is 10.8. The van der Waals surface area contributed by atoms with Gasteiger partial charge in [-0.25, -0.2) is 4.98 Å². The molecular formula is C12H18ClN3O. The average Bonchev–Trinajstić information content (AvgIpc) is 2.93. The molecule has 3 unspecified atom stereocenters. The van der Waals surface area contributed by atoms with Gasteiger partial charge in [0.2, 0.25) is 0 Å². The van der Waals surface area contributed by atoms with E-state index in [-0.39, 0.29) is 6.10 Å². The first-order chi connectivity index (χ1) is 8.15. The predicted molar refractivity (Wildman–Crippen MR) is 65.7 cm³/mol. The Bertz CT molecular complexity index is 420. The van der Waals surface area contributed by atoms with Crippen LogP contribution in [0, 0.1) is 11.8 Å². The minimum Gasteiger partial charge on any atom is -0.393 e. The molecule has 0 amide bonds. The molecule has 4 nitrogen and oxygen atoms in total. The summed E-state index contributed by atoms with van der Waals surface area (Å²) in [6, 6.07) is 0. The van der Waals surface area contributed by atoms with E-state index in [9.17, 15) is 5.11 Å². The summed E-state index contributed by atoms with van der Waals surface area (Å²) >= 11 is 5.98. The molecule has 1 aliphatic carbocycles. The van der Waals surface area contributed by atoms with E-state index in [1.165, 1.54) is 6.42 Å². The second kappa shape index (κ2) is 4.26. The fraction of sp³-hybridized carbons (Fsp3) is 0.750. The normalized spacial score (nSPS) is 33.2. The Kier molecular flexibility index (Phi) is 2.89. The van der Waals surface area contributed by atoms with Gasteiger partial charge in [-0.15, -0.1) is 0 Å². The van der Waals surface area contributed by atoms with Crippen LogP contribution in [0.2, 0.25) is 5.15 Å². The summed E-state index contributed by atoms with van der Waals surface area (Å²) < 4.78 is 1.92. The molecule has 0 aromatic carbocycles. The molecule has 1 N–H and O–H groups in total. The molecule has 1 aliphatic heterocycles. The van der Waals surface area contributed by atoms with Crippen molar-refractivity contribution in [3.8, 4) is 0 Å². The average molecular weight is 256 g/mol. The molecule has 0 radical (unpaired) electrons. The summed E-state index contributed by atoms with van der Waals surface area (Å²) in [6.45, 7) is 2.92. The summed E-state index contributed by atoms with van der Waals surface area (Å²) in [6.07, 6.45) is 3.76. The molecule has 3 rings (SSSR count). The van der Waals surface area contributed by atoms with Gasteiger partial charge in [0.1, 0.15) is 11.0 Å². The van der Waals surface area contributed by atoms with Gasteiger partial charge in [-0.2, -0.15) is 0 Å². The summed E-state index contributed by atoms with van der Waals surface area (Å²) in [4.78, 5) is 6.70. The van der Waals surface area contributed by atoms with Gasteiger partial charge in [0, 0.05) is 26.1 Å². The van der Waals surface area contributed by atoms with E-state index in [1.807, 2.05) is 11.6 Å². The Hall–Kier alpha value is -0.580. The van der Waals surface area contributed by atoms with Crippen molar-refractivity contribution in [1.82, 2.24) is 14.5 Å². The topological polar surface area (TPSA) is 41.3 Å². The molecule has 5 heteroatoms. The van der Waals surface area contributed by atoms with Gasteiger partial charge < -0.3 is 9.67 Å². The van der Waals surface area contributed by atoms with Crippen LogP contribution in [0.3, 0.4) is 0 Å². The molecule has 2 heterocycles. The Labute approximate surface area is 106 Å². The molecule has 3 atom stereocenters. The largest absolute Gasteiger partial charge is 0.393 e. The smallest absolute Gasteiger partial charge is 0.128 e. The number of fused-ring (bicyclic) bond motifs is 1. The number of hydrogen-bond acceptors (Lipinski definition) is 3. The minimum absolute atomic E-state index is 0.0880. The second-order valence-corrected chi connectivity index (χ2v) is 5.71. The quantitative estimate of drug-likeness (QED) is 0.866. The van der Waals surface area contributed by atoms with Crippen LogP contribution in [0.5, 0.6) is 0 Å². The highest BCUT2D eigenvalue weighted by molar-refractivity contribution is 6.29. The third-order valence-electron chi connectivity index (χ3n) is 4.29. The molecule has 1 aromatic rings. The number of aromatic nitrogens is 2. The lowest BCUT2D eigenvalue weighted by molar-refractivity contribution is 0.123. The highest BCUT2D eigenvalue weighted by atomic mass is 35.5. The van der Waals surface area contributed by atoms with Crippen molar-refractivity contribution in [3.05, 3.63) is 17.2 Å². The zero-order valence-electron chi connectivity index (χ0n) is 10.0. The van der Waals surface area contributed by atoms with Crippen molar-refractivity contribution >= 4 is 11.6 Å². The number of rotatable bonds is 2. The summed E-state index contributed by atoms with van der Waals surface area (Å²) in [5, 5.41) is 10.6. The monoisotopic (exact) mass is 255 g/mol. The Morgan fingerprint density at radius 1 is 1.47 bits per heavy atom. The van der Waals surface area contributed by atoms with E-state index in [0.717, 1.165) is 31.9 Å². The van der Waals surface area contributed by atoms with Crippen LogP contribution < -0.4 is 0 Å². The molecule has 1 saturated heterocycles. The fourth-order valence-corrected chi connectivity index (χ4v) is 3.38. The van der Waals surface area contributed by atoms with Crippen molar-refractivity contribution in [3.63, 3.8) is 0 Å². The van der Waals surface area contributed by atoms with Crippen LogP contribution in [-0.4, -0.2) is 38.8 Å². The zero-order chi connectivity index (χ0) is 12.0. The molecule has 17 heavy (non-hydrogen) atoms. The SMILES string of the molecule is Cn1c(Cl)cnc1CN1CC2CCC(O)C2C1. The first kappa shape index (κ1) is 11.5. The van der Waals surface area contributed by atoms with Crippen LogP contribution in [-0.2, 0) is 13.6 Å². The van der Waals surface area contributed by atoms with Crippen molar-refractivity contribution < 1.29 is 5.11 Å². The third-order valence-corrected chi connectivity index (χ3v) is 4.64. The lowest BCUT2D eigenvalue weighted by atomic mass is 10.00. The maximum Gasteiger partial charge on any atom is 0.128 e. The van der Waals surface area contributed by atoms with E-state index in [2.05, 4.69) is 9.88 Å². The van der Waals surface area contributed by atoms with Crippen LogP contribution in [0.15, 0.2) is 6.20 Å². The third kappa shape index (κ3) is 1.98. The second-order valence-electron chi connectivity index (χ2n) is 5.32.